The zero-order valence-electron chi connectivity index (χ0n) is 25.1. The van der Waals surface area contributed by atoms with E-state index in [0.29, 0.717) is 27.0 Å². The lowest BCUT2D eigenvalue weighted by Crippen LogP contribution is -2.30. The van der Waals surface area contributed by atoms with Crippen molar-refractivity contribution in [3.63, 3.8) is 0 Å². The monoisotopic (exact) mass is 706 g/mol. The minimum absolute atomic E-state index is 0.0647. The van der Waals surface area contributed by atoms with Crippen LogP contribution in [0.5, 0.6) is 0 Å². The molecule has 0 aliphatic heterocycles. The number of aromatic nitrogens is 1. The van der Waals surface area contributed by atoms with E-state index in [1.54, 1.807) is 78.1 Å². The fraction of sp³-hybridized carbons (Fsp3) is 0.0270. The van der Waals surface area contributed by atoms with Gasteiger partial charge in [-0.05, 0) is 77.2 Å². The molecule has 238 valence electrons. The summed E-state index contributed by atoms with van der Waals surface area (Å²) in [4.78, 5) is 46.5. The number of carbonyl (C=O) groups is 3. The minimum atomic E-state index is -0.553. The molecule has 0 saturated heterocycles. The van der Waals surface area contributed by atoms with Crippen LogP contribution < -0.4 is 16.0 Å². The molecule has 1 unspecified atom stereocenters. The first-order valence-electron chi connectivity index (χ1n) is 14.7. The molecule has 6 aromatic rings. The Balaban J connectivity index is 1.17. The number of thiophene rings is 1. The molecule has 0 bridgehead atoms. The number of rotatable bonds is 11. The second-order valence-electron chi connectivity index (χ2n) is 10.3. The molecule has 7 nitrogen and oxygen atoms in total. The Morgan fingerprint density at radius 2 is 1.48 bits per heavy atom. The van der Waals surface area contributed by atoms with Gasteiger partial charge in [-0.3, -0.25) is 14.4 Å². The van der Waals surface area contributed by atoms with Gasteiger partial charge in [0.2, 0.25) is 5.91 Å². The molecule has 0 fully saturated rings. The predicted molar refractivity (Wildman–Crippen MR) is 198 cm³/mol. The maximum absolute atomic E-state index is 13.6. The summed E-state index contributed by atoms with van der Waals surface area (Å²) in [6.07, 6.45) is 1.59. The quantitative estimate of drug-likeness (QED) is 0.0921. The van der Waals surface area contributed by atoms with Crippen LogP contribution >= 0.6 is 46.0 Å². The summed E-state index contributed by atoms with van der Waals surface area (Å²) in [6.45, 7) is 0. The number of thiazole rings is 1. The molecule has 3 amide bonds. The van der Waals surface area contributed by atoms with Gasteiger partial charge in [-0.25, -0.2) is 4.98 Å². The summed E-state index contributed by atoms with van der Waals surface area (Å²) >= 11 is 10.4. The second-order valence-corrected chi connectivity index (χ2v) is 13.7. The highest BCUT2D eigenvalue weighted by Gasteiger charge is 2.24. The van der Waals surface area contributed by atoms with Gasteiger partial charge in [0.25, 0.3) is 11.8 Å². The van der Waals surface area contributed by atoms with E-state index in [0.717, 1.165) is 21.0 Å². The van der Waals surface area contributed by atoms with E-state index in [-0.39, 0.29) is 11.6 Å². The Morgan fingerprint density at radius 1 is 0.771 bits per heavy atom. The van der Waals surface area contributed by atoms with Crippen molar-refractivity contribution in [2.75, 3.05) is 10.6 Å². The predicted octanol–water partition coefficient (Wildman–Crippen LogP) is 9.41. The smallest absolute Gasteiger partial charge is 0.272 e. The third-order valence-corrected chi connectivity index (χ3v) is 10.1. The number of anilines is 2. The van der Waals surface area contributed by atoms with Crippen LogP contribution in [0, 0.1) is 0 Å². The lowest BCUT2D eigenvalue weighted by molar-refractivity contribution is -0.116. The number of nitrogens with zero attached hydrogens (tertiary/aromatic N) is 1. The number of halogens is 1. The molecule has 2 aromatic heterocycles. The van der Waals surface area contributed by atoms with E-state index in [1.165, 1.54) is 23.1 Å². The van der Waals surface area contributed by atoms with Crippen molar-refractivity contribution in [2.45, 2.75) is 10.1 Å². The van der Waals surface area contributed by atoms with Crippen LogP contribution in [0.4, 0.5) is 10.8 Å². The molecule has 4 aromatic carbocycles. The number of amides is 3. The maximum Gasteiger partial charge on any atom is 0.272 e. The highest BCUT2D eigenvalue weighted by Crippen LogP contribution is 2.37. The molecule has 1 atom stereocenters. The molecule has 0 radical (unpaired) electrons. The first-order chi connectivity index (χ1) is 23.4. The maximum atomic E-state index is 13.6. The van der Waals surface area contributed by atoms with Crippen LogP contribution in [0.15, 0.2) is 143 Å². The average molecular weight is 707 g/mol. The third-order valence-electron chi connectivity index (χ3n) is 6.92. The first-order valence-corrected chi connectivity index (χ1v) is 17.7. The van der Waals surface area contributed by atoms with E-state index in [9.17, 15) is 14.4 Å². The van der Waals surface area contributed by atoms with Crippen molar-refractivity contribution < 1.29 is 14.4 Å². The van der Waals surface area contributed by atoms with Gasteiger partial charge in [-0.15, -0.1) is 34.4 Å². The molecule has 0 aliphatic rings. The molecule has 0 saturated carbocycles. The van der Waals surface area contributed by atoms with Gasteiger partial charge < -0.3 is 16.0 Å². The van der Waals surface area contributed by atoms with Crippen LogP contribution in [-0.4, -0.2) is 22.7 Å². The van der Waals surface area contributed by atoms with Crippen LogP contribution in [0.3, 0.4) is 0 Å². The van der Waals surface area contributed by atoms with Gasteiger partial charge in [-0.2, -0.15) is 0 Å². The number of carbonyl (C=O) groups excluding carboxylic acids is 3. The van der Waals surface area contributed by atoms with Crippen molar-refractivity contribution >= 4 is 80.7 Å². The number of nitrogens with one attached hydrogen (secondary N) is 3. The van der Waals surface area contributed by atoms with E-state index in [4.69, 9.17) is 11.6 Å². The largest absolute Gasteiger partial charge is 0.321 e. The summed E-state index contributed by atoms with van der Waals surface area (Å²) < 4.78 is 0. The molecule has 6 rings (SSSR count). The molecule has 3 N–H and O–H groups in total. The fourth-order valence-electron chi connectivity index (χ4n) is 4.56. The Labute approximate surface area is 294 Å². The standard InChI is InChI=1S/C37H27ClN4O3S3/c38-27-15-13-24(14-16-27)22-30(40-34(43)26-10-5-2-6-11-26)35(44)39-28-17-19-29(20-18-28)48-33(25-8-3-1-4-9-25)36(45)42-37-41-31(23-47-37)32-12-7-21-46-32/h1-23,33H,(H,39,44)(H,40,43)(H,41,42,45)/b30-22-. The lowest BCUT2D eigenvalue weighted by Gasteiger charge is -2.17. The van der Waals surface area contributed by atoms with Crippen LogP contribution in [0.1, 0.15) is 26.7 Å². The third kappa shape index (κ3) is 8.67. The van der Waals surface area contributed by atoms with Crippen molar-refractivity contribution in [1.82, 2.24) is 10.3 Å². The average Bonchev–Trinajstić information content (AvgIpc) is 3.82. The molecule has 48 heavy (non-hydrogen) atoms. The SMILES string of the molecule is O=C(Nc1ccc(SC(C(=O)Nc2nc(-c3cccs3)cs2)c2ccccc2)cc1)/C(=C/c1ccc(Cl)cc1)NC(=O)c1ccccc1. The van der Waals surface area contributed by atoms with Gasteiger partial charge in [0.1, 0.15) is 10.9 Å². The van der Waals surface area contributed by atoms with Crippen LogP contribution in [0.2, 0.25) is 5.02 Å². The van der Waals surface area contributed by atoms with Gasteiger partial charge in [-0.1, -0.05) is 78.3 Å². The molecule has 2 heterocycles. The summed E-state index contributed by atoms with van der Waals surface area (Å²) in [7, 11) is 0. The minimum Gasteiger partial charge on any atom is -0.321 e. The number of benzene rings is 4. The lowest BCUT2D eigenvalue weighted by atomic mass is 10.1. The molecular formula is C37H27ClN4O3S3. The molecular weight excluding hydrogens is 680 g/mol. The summed E-state index contributed by atoms with van der Waals surface area (Å²) in [6, 6.07) is 36.3. The van der Waals surface area contributed by atoms with Gasteiger partial charge in [0, 0.05) is 26.5 Å². The Bertz CT molecular complexity index is 2030. The van der Waals surface area contributed by atoms with Crippen LogP contribution in [-0.2, 0) is 9.59 Å². The summed E-state index contributed by atoms with van der Waals surface area (Å²) in [5.41, 5.74) is 3.37. The zero-order valence-corrected chi connectivity index (χ0v) is 28.3. The summed E-state index contributed by atoms with van der Waals surface area (Å²) in [5, 5.41) is 13.1. The summed E-state index contributed by atoms with van der Waals surface area (Å²) in [5.74, 6) is -1.10. The number of thioether (sulfide) groups is 1. The Hall–Kier alpha value is -5.00. The zero-order chi connectivity index (χ0) is 33.3. The van der Waals surface area contributed by atoms with Gasteiger partial charge in [0.05, 0.1) is 10.6 Å². The Kier molecular flexibility index (Phi) is 10.8. The second kappa shape index (κ2) is 15.7. The normalized spacial score (nSPS) is 11.8. The van der Waals surface area contributed by atoms with E-state index in [1.807, 2.05) is 71.4 Å². The van der Waals surface area contributed by atoms with Crippen molar-refractivity contribution in [2.24, 2.45) is 0 Å². The van der Waals surface area contributed by atoms with Crippen LogP contribution in [0.25, 0.3) is 16.6 Å². The van der Waals surface area contributed by atoms with Crippen molar-refractivity contribution in [3.8, 4) is 10.6 Å². The van der Waals surface area contributed by atoms with E-state index < -0.39 is 17.1 Å². The molecule has 11 heteroatoms. The fourth-order valence-corrected chi connectivity index (χ4v) is 7.18. The van der Waals surface area contributed by atoms with Crippen molar-refractivity contribution in [3.05, 3.63) is 159 Å². The molecule has 0 spiro atoms. The highest BCUT2D eigenvalue weighted by molar-refractivity contribution is 8.00. The van der Waals surface area contributed by atoms with Gasteiger partial charge in [0.15, 0.2) is 5.13 Å². The topological polar surface area (TPSA) is 100 Å². The van der Waals surface area contributed by atoms with E-state index >= 15 is 0 Å². The Morgan fingerprint density at radius 3 is 2.17 bits per heavy atom. The van der Waals surface area contributed by atoms with E-state index in [2.05, 4.69) is 20.9 Å². The highest BCUT2D eigenvalue weighted by atomic mass is 35.5. The number of hydrogen-bond donors (Lipinski definition) is 3. The number of hydrogen-bond acceptors (Lipinski definition) is 7. The first kappa shape index (κ1) is 32.9. The van der Waals surface area contributed by atoms with Crippen molar-refractivity contribution in [1.29, 1.82) is 0 Å². The van der Waals surface area contributed by atoms with Gasteiger partial charge >= 0.3 is 0 Å². The molecule has 0 aliphatic carbocycles.